The molecule has 24 heavy (non-hydrogen) atoms. The topological polar surface area (TPSA) is 115 Å². The summed E-state index contributed by atoms with van der Waals surface area (Å²) in [6, 6.07) is 4.21. The number of nitrogens with zero attached hydrogens (tertiary/aromatic N) is 1. The number of benzene rings is 1. The van der Waals surface area contributed by atoms with Crippen LogP contribution in [-0.2, 0) is 4.79 Å². The van der Waals surface area contributed by atoms with E-state index < -0.39 is 10.8 Å². The Labute approximate surface area is 144 Å². The van der Waals surface area contributed by atoms with Crippen LogP contribution in [-0.4, -0.2) is 28.5 Å². The van der Waals surface area contributed by atoms with Crippen molar-refractivity contribution < 1.29 is 14.5 Å². The second-order valence-electron chi connectivity index (χ2n) is 6.03. The van der Waals surface area contributed by atoms with Crippen LogP contribution in [0.25, 0.3) is 0 Å². The zero-order valence-electron chi connectivity index (χ0n) is 13.5. The van der Waals surface area contributed by atoms with Crippen LogP contribution >= 0.6 is 11.8 Å². The number of rotatable bonds is 6. The first kappa shape index (κ1) is 18.3. The minimum atomic E-state index is -0.723. The van der Waals surface area contributed by atoms with Crippen LogP contribution in [0.3, 0.4) is 0 Å². The molecular weight excluding hydrogens is 330 g/mol. The van der Waals surface area contributed by atoms with E-state index in [9.17, 15) is 19.7 Å². The minimum absolute atomic E-state index is 0.0755. The van der Waals surface area contributed by atoms with E-state index in [0.717, 1.165) is 37.1 Å². The number of nitrogens with two attached hydrogens (primary N) is 1. The van der Waals surface area contributed by atoms with Crippen LogP contribution < -0.4 is 11.1 Å². The van der Waals surface area contributed by atoms with Crippen LogP contribution in [0.1, 0.15) is 43.0 Å². The lowest BCUT2D eigenvalue weighted by Gasteiger charge is -2.29. The molecule has 0 aromatic heterocycles. The van der Waals surface area contributed by atoms with E-state index in [1.165, 1.54) is 18.6 Å². The lowest BCUT2D eigenvalue weighted by atomic mass is 9.86. The normalized spacial score (nSPS) is 20.4. The summed E-state index contributed by atoms with van der Waals surface area (Å²) in [5.41, 5.74) is 5.00. The molecule has 0 spiro atoms. The first-order valence-corrected chi connectivity index (χ1v) is 8.87. The number of hydrogen-bond donors (Lipinski definition) is 2. The van der Waals surface area contributed by atoms with Crippen molar-refractivity contribution in [1.82, 2.24) is 5.32 Å². The maximum Gasteiger partial charge on any atom is 0.283 e. The predicted octanol–water partition coefficient (Wildman–Crippen LogP) is 2.48. The molecule has 0 saturated heterocycles. The highest BCUT2D eigenvalue weighted by atomic mass is 32.2. The molecule has 1 aromatic rings. The van der Waals surface area contributed by atoms with Gasteiger partial charge in [-0.2, -0.15) is 0 Å². The van der Waals surface area contributed by atoms with E-state index in [-0.39, 0.29) is 29.0 Å². The molecule has 7 nitrogen and oxygen atoms in total. The number of nitrogens with one attached hydrogen (secondary N) is 1. The molecule has 1 aliphatic rings. The third-order valence-electron chi connectivity index (χ3n) is 4.26. The van der Waals surface area contributed by atoms with Crippen LogP contribution in [0, 0.1) is 16.0 Å². The van der Waals surface area contributed by atoms with E-state index in [1.54, 1.807) is 0 Å². The molecule has 2 unspecified atom stereocenters. The molecule has 1 aliphatic carbocycles. The predicted molar refractivity (Wildman–Crippen MR) is 91.9 cm³/mol. The number of carbonyl (C=O) groups excluding carboxylic acids is 2. The number of hydrogen-bond acceptors (Lipinski definition) is 5. The highest BCUT2D eigenvalue weighted by molar-refractivity contribution is 8.00. The summed E-state index contributed by atoms with van der Waals surface area (Å²) in [6.07, 6.45) is 4.40. The van der Waals surface area contributed by atoms with E-state index in [1.807, 2.05) is 0 Å². The monoisotopic (exact) mass is 351 g/mol. The van der Waals surface area contributed by atoms with Crippen molar-refractivity contribution in [2.45, 2.75) is 43.5 Å². The number of carbonyl (C=O) groups is 2. The Kier molecular flexibility index (Phi) is 6.19. The summed E-state index contributed by atoms with van der Waals surface area (Å²) < 4.78 is 0. The fraction of sp³-hybridized carbons (Fsp3) is 0.500. The van der Waals surface area contributed by atoms with Crippen LogP contribution in [0.5, 0.6) is 0 Å². The maximum atomic E-state index is 12.1. The fourth-order valence-corrected chi connectivity index (χ4v) is 3.67. The molecule has 0 bridgehead atoms. The molecule has 0 aliphatic heterocycles. The van der Waals surface area contributed by atoms with Crippen LogP contribution in [0.15, 0.2) is 23.1 Å². The lowest BCUT2D eigenvalue weighted by Crippen LogP contribution is -2.41. The van der Waals surface area contributed by atoms with Crippen LogP contribution in [0.2, 0.25) is 0 Å². The van der Waals surface area contributed by atoms with E-state index >= 15 is 0 Å². The first-order valence-electron chi connectivity index (χ1n) is 7.89. The first-order chi connectivity index (χ1) is 11.4. The zero-order valence-corrected chi connectivity index (χ0v) is 14.3. The highest BCUT2D eigenvalue weighted by Crippen LogP contribution is 2.30. The number of thioether (sulfide) groups is 1. The van der Waals surface area contributed by atoms with Gasteiger partial charge in [-0.25, -0.2) is 0 Å². The Morgan fingerprint density at radius 2 is 2.08 bits per heavy atom. The molecule has 0 radical (unpaired) electrons. The van der Waals surface area contributed by atoms with Crippen molar-refractivity contribution in [3.63, 3.8) is 0 Å². The van der Waals surface area contributed by atoms with Crippen LogP contribution in [0.4, 0.5) is 5.69 Å². The standard InChI is InChI=1S/C16H21N3O4S/c1-10-4-2-3-5-12(10)18-15(20)9-24-14-7-6-11(16(17)21)8-13(14)19(22)23/h6-8,10,12H,2-5,9H2,1H3,(H2,17,21)(H,18,20). The van der Waals surface area contributed by atoms with Crippen molar-refractivity contribution in [3.8, 4) is 0 Å². The summed E-state index contributed by atoms with van der Waals surface area (Å²) in [7, 11) is 0. The third kappa shape index (κ3) is 4.70. The summed E-state index contributed by atoms with van der Waals surface area (Å²) in [5.74, 6) is -0.303. The molecule has 8 heteroatoms. The molecule has 2 amide bonds. The number of amides is 2. The van der Waals surface area contributed by atoms with Gasteiger partial charge in [-0.05, 0) is 30.9 Å². The van der Waals surface area contributed by atoms with Gasteiger partial charge >= 0.3 is 0 Å². The summed E-state index contributed by atoms with van der Waals surface area (Å²) in [5, 5.41) is 14.2. The van der Waals surface area contributed by atoms with Gasteiger partial charge < -0.3 is 11.1 Å². The van der Waals surface area contributed by atoms with E-state index in [2.05, 4.69) is 12.2 Å². The Balaban J connectivity index is 1.99. The Hall–Kier alpha value is -2.09. The molecule has 2 rings (SSSR count). The van der Waals surface area contributed by atoms with Gasteiger partial charge in [0.05, 0.1) is 15.6 Å². The summed E-state index contributed by atoms with van der Waals surface area (Å²) >= 11 is 1.09. The molecule has 2 atom stereocenters. The van der Waals surface area contributed by atoms with Gasteiger partial charge in [0.1, 0.15) is 0 Å². The fourth-order valence-electron chi connectivity index (χ4n) is 2.86. The highest BCUT2D eigenvalue weighted by Gasteiger charge is 2.23. The second kappa shape index (κ2) is 8.14. The van der Waals surface area contributed by atoms with Gasteiger partial charge in [0.25, 0.3) is 5.69 Å². The third-order valence-corrected chi connectivity index (χ3v) is 5.32. The Morgan fingerprint density at radius 3 is 2.71 bits per heavy atom. The van der Waals surface area contributed by atoms with Crippen molar-refractivity contribution in [2.24, 2.45) is 11.7 Å². The van der Waals surface area contributed by atoms with Crippen molar-refractivity contribution in [2.75, 3.05) is 5.75 Å². The Bertz CT molecular complexity index is 650. The van der Waals surface area contributed by atoms with Crippen molar-refractivity contribution >= 4 is 29.3 Å². The molecule has 1 saturated carbocycles. The Morgan fingerprint density at radius 1 is 1.38 bits per heavy atom. The number of nitro groups is 1. The maximum absolute atomic E-state index is 12.1. The molecule has 0 heterocycles. The molecule has 1 fully saturated rings. The SMILES string of the molecule is CC1CCCCC1NC(=O)CSc1ccc(C(N)=O)cc1[N+](=O)[O-]. The van der Waals surface area contributed by atoms with E-state index in [4.69, 9.17) is 5.73 Å². The molecule has 130 valence electrons. The summed E-state index contributed by atoms with van der Waals surface area (Å²) in [4.78, 5) is 34.2. The molecule has 3 N–H and O–H groups in total. The largest absolute Gasteiger partial charge is 0.366 e. The lowest BCUT2D eigenvalue weighted by molar-refractivity contribution is -0.387. The smallest absolute Gasteiger partial charge is 0.283 e. The van der Waals surface area contributed by atoms with Gasteiger partial charge in [0.2, 0.25) is 11.8 Å². The minimum Gasteiger partial charge on any atom is -0.366 e. The van der Waals surface area contributed by atoms with Crippen molar-refractivity contribution in [3.05, 3.63) is 33.9 Å². The summed E-state index contributed by atoms with van der Waals surface area (Å²) in [6.45, 7) is 2.13. The zero-order chi connectivity index (χ0) is 17.7. The van der Waals surface area contributed by atoms with E-state index in [0.29, 0.717) is 10.8 Å². The second-order valence-corrected chi connectivity index (χ2v) is 7.05. The van der Waals surface area contributed by atoms with Gasteiger partial charge in [-0.3, -0.25) is 19.7 Å². The van der Waals surface area contributed by atoms with Gasteiger partial charge in [-0.1, -0.05) is 19.8 Å². The quantitative estimate of drug-likeness (QED) is 0.464. The van der Waals surface area contributed by atoms with Gasteiger partial charge in [0, 0.05) is 17.7 Å². The van der Waals surface area contributed by atoms with Crippen molar-refractivity contribution in [1.29, 1.82) is 0 Å². The average Bonchev–Trinajstić information content (AvgIpc) is 2.54. The molecular formula is C16H21N3O4S. The van der Waals surface area contributed by atoms with Gasteiger partial charge in [-0.15, -0.1) is 11.8 Å². The molecule has 1 aromatic carbocycles. The number of primary amides is 1. The number of nitro benzene ring substituents is 1. The van der Waals surface area contributed by atoms with Gasteiger partial charge in [0.15, 0.2) is 0 Å². The average molecular weight is 351 g/mol.